The van der Waals surface area contributed by atoms with Crippen LogP contribution in [-0.4, -0.2) is 11.7 Å². The monoisotopic (exact) mass is 313 g/mol. The molecule has 22 heavy (non-hydrogen) atoms. The van der Waals surface area contributed by atoms with Crippen LogP contribution in [0.3, 0.4) is 0 Å². The predicted molar refractivity (Wildman–Crippen MR) is 94.4 cm³/mol. The van der Waals surface area contributed by atoms with Gasteiger partial charge in [-0.3, -0.25) is 0 Å². The van der Waals surface area contributed by atoms with Crippen molar-refractivity contribution in [2.24, 2.45) is 5.73 Å². The number of hydrogen-bond donors (Lipinski definition) is 2. The van der Waals surface area contributed by atoms with Gasteiger partial charge in [0.15, 0.2) is 0 Å². The largest absolute Gasteiger partial charge is 0.388 e. The molecule has 3 N–H and O–H groups in total. The van der Waals surface area contributed by atoms with Crippen molar-refractivity contribution < 1.29 is 5.11 Å². The Morgan fingerprint density at radius 3 is 2.09 bits per heavy atom. The van der Waals surface area contributed by atoms with E-state index in [4.69, 9.17) is 5.73 Å². The first kappa shape index (κ1) is 16.5. The minimum absolute atomic E-state index is 0. The van der Waals surface area contributed by atoms with Gasteiger partial charge in [-0.05, 0) is 21.9 Å². The quantitative estimate of drug-likeness (QED) is 0.763. The summed E-state index contributed by atoms with van der Waals surface area (Å²) in [6.45, 7) is 0.411. The molecule has 0 aliphatic heterocycles. The molecule has 0 saturated carbocycles. The fourth-order valence-corrected chi connectivity index (χ4v) is 2.77. The molecule has 0 fully saturated rings. The number of nitrogens with two attached hydrogens (primary N) is 1. The molecule has 0 amide bonds. The lowest BCUT2D eigenvalue weighted by atomic mass is 9.88. The number of aliphatic hydroxyl groups is 1. The van der Waals surface area contributed by atoms with Gasteiger partial charge >= 0.3 is 0 Å². The van der Waals surface area contributed by atoms with Crippen LogP contribution in [0, 0.1) is 0 Å². The van der Waals surface area contributed by atoms with Crippen molar-refractivity contribution in [1.29, 1.82) is 0 Å². The summed E-state index contributed by atoms with van der Waals surface area (Å²) in [4.78, 5) is 0. The zero-order valence-electron chi connectivity index (χ0n) is 12.2. The van der Waals surface area contributed by atoms with Crippen LogP contribution < -0.4 is 5.73 Å². The van der Waals surface area contributed by atoms with Gasteiger partial charge in [0.2, 0.25) is 0 Å². The Morgan fingerprint density at radius 1 is 0.773 bits per heavy atom. The second-order valence-corrected chi connectivity index (χ2v) is 5.30. The molecule has 2 nitrogen and oxygen atoms in total. The van der Waals surface area contributed by atoms with Crippen LogP contribution in [0.5, 0.6) is 0 Å². The SMILES string of the molecule is Cl.NCC(c1ccc2ccccc2c1)C(O)c1ccccc1. The summed E-state index contributed by atoms with van der Waals surface area (Å²) in [7, 11) is 0. The second-order valence-electron chi connectivity index (χ2n) is 5.30. The third-order valence-electron chi connectivity index (χ3n) is 3.98. The molecule has 2 unspecified atom stereocenters. The molecule has 0 radical (unpaired) electrons. The van der Waals surface area contributed by atoms with Gasteiger partial charge in [-0.1, -0.05) is 72.8 Å². The first-order valence-electron chi connectivity index (χ1n) is 7.21. The lowest BCUT2D eigenvalue weighted by Crippen LogP contribution is -2.20. The highest BCUT2D eigenvalue weighted by Crippen LogP contribution is 2.31. The smallest absolute Gasteiger partial charge is 0.0870 e. The van der Waals surface area contributed by atoms with Gasteiger partial charge in [-0.2, -0.15) is 0 Å². The maximum atomic E-state index is 10.6. The van der Waals surface area contributed by atoms with E-state index in [1.807, 2.05) is 42.5 Å². The van der Waals surface area contributed by atoms with Gasteiger partial charge in [-0.25, -0.2) is 0 Å². The molecule has 114 valence electrons. The van der Waals surface area contributed by atoms with E-state index in [0.29, 0.717) is 6.54 Å². The molecule has 0 aliphatic carbocycles. The molecule has 0 aliphatic rings. The third kappa shape index (κ3) is 3.30. The van der Waals surface area contributed by atoms with E-state index in [-0.39, 0.29) is 18.3 Å². The van der Waals surface area contributed by atoms with Crippen molar-refractivity contribution in [3.8, 4) is 0 Å². The number of aliphatic hydroxyl groups excluding tert-OH is 1. The first-order valence-corrected chi connectivity index (χ1v) is 7.21. The highest BCUT2D eigenvalue weighted by atomic mass is 35.5. The maximum absolute atomic E-state index is 10.6. The van der Waals surface area contributed by atoms with Crippen molar-refractivity contribution in [3.63, 3.8) is 0 Å². The Bertz CT molecular complexity index is 730. The minimum Gasteiger partial charge on any atom is -0.388 e. The van der Waals surface area contributed by atoms with E-state index < -0.39 is 6.10 Å². The van der Waals surface area contributed by atoms with Crippen molar-refractivity contribution in [2.75, 3.05) is 6.54 Å². The fraction of sp³-hybridized carbons (Fsp3) is 0.158. The van der Waals surface area contributed by atoms with Gasteiger partial charge in [0.25, 0.3) is 0 Å². The molecule has 0 heterocycles. The molecule has 0 spiro atoms. The summed E-state index contributed by atoms with van der Waals surface area (Å²) >= 11 is 0. The van der Waals surface area contributed by atoms with Crippen molar-refractivity contribution in [2.45, 2.75) is 12.0 Å². The molecule has 3 heteroatoms. The Morgan fingerprint density at radius 2 is 1.41 bits per heavy atom. The molecular weight excluding hydrogens is 294 g/mol. The number of hydrogen-bond acceptors (Lipinski definition) is 2. The Kier molecular flexibility index (Phi) is 5.56. The van der Waals surface area contributed by atoms with Gasteiger partial charge in [0.1, 0.15) is 0 Å². The average Bonchev–Trinajstić information content (AvgIpc) is 2.56. The molecular formula is C19H20ClNO. The van der Waals surface area contributed by atoms with Gasteiger partial charge in [0, 0.05) is 12.5 Å². The second kappa shape index (κ2) is 7.41. The van der Waals surface area contributed by atoms with E-state index in [9.17, 15) is 5.11 Å². The van der Waals surface area contributed by atoms with E-state index in [1.165, 1.54) is 10.8 Å². The normalized spacial score (nSPS) is 13.4. The average molecular weight is 314 g/mol. The van der Waals surface area contributed by atoms with Gasteiger partial charge < -0.3 is 10.8 Å². The Balaban J connectivity index is 0.00000176. The van der Waals surface area contributed by atoms with Gasteiger partial charge in [-0.15, -0.1) is 12.4 Å². The Labute approximate surface area is 137 Å². The zero-order chi connectivity index (χ0) is 14.7. The maximum Gasteiger partial charge on any atom is 0.0870 e. The first-order chi connectivity index (χ1) is 10.3. The van der Waals surface area contributed by atoms with E-state index in [2.05, 4.69) is 30.3 Å². The standard InChI is InChI=1S/C19H19NO.ClH/c20-13-18(19(21)15-7-2-1-3-8-15)17-11-10-14-6-4-5-9-16(14)12-17;/h1-12,18-19,21H,13,20H2;1H. The highest BCUT2D eigenvalue weighted by Gasteiger charge is 2.21. The number of benzene rings is 3. The number of halogens is 1. The van der Waals surface area contributed by atoms with Crippen LogP contribution in [-0.2, 0) is 0 Å². The van der Waals surface area contributed by atoms with Crippen molar-refractivity contribution in [3.05, 3.63) is 83.9 Å². The topological polar surface area (TPSA) is 46.2 Å². The predicted octanol–water partition coefficient (Wildman–Crippen LogP) is 4.04. The summed E-state index contributed by atoms with van der Waals surface area (Å²) in [5, 5.41) is 13.0. The van der Waals surface area contributed by atoms with Crippen LogP contribution in [0.4, 0.5) is 0 Å². The van der Waals surface area contributed by atoms with Gasteiger partial charge in [0.05, 0.1) is 6.10 Å². The molecule has 0 bridgehead atoms. The molecule has 0 aromatic heterocycles. The van der Waals surface area contributed by atoms with Crippen LogP contribution in [0.15, 0.2) is 72.8 Å². The van der Waals surface area contributed by atoms with Crippen LogP contribution in [0.25, 0.3) is 10.8 Å². The van der Waals surface area contributed by atoms with Crippen LogP contribution >= 0.6 is 12.4 Å². The molecule has 3 aromatic carbocycles. The molecule has 0 saturated heterocycles. The lowest BCUT2D eigenvalue weighted by Gasteiger charge is -2.22. The lowest BCUT2D eigenvalue weighted by molar-refractivity contribution is 0.147. The number of rotatable bonds is 4. The number of fused-ring (bicyclic) bond motifs is 1. The molecule has 2 atom stereocenters. The van der Waals surface area contributed by atoms with Crippen molar-refractivity contribution >= 4 is 23.2 Å². The summed E-state index contributed by atoms with van der Waals surface area (Å²) in [6, 6.07) is 24.2. The summed E-state index contributed by atoms with van der Waals surface area (Å²) in [5.74, 6) is -0.1000. The van der Waals surface area contributed by atoms with E-state index in [1.54, 1.807) is 0 Å². The van der Waals surface area contributed by atoms with Crippen LogP contribution in [0.2, 0.25) is 0 Å². The highest BCUT2D eigenvalue weighted by molar-refractivity contribution is 5.85. The fourth-order valence-electron chi connectivity index (χ4n) is 2.77. The van der Waals surface area contributed by atoms with Crippen LogP contribution in [0.1, 0.15) is 23.1 Å². The van der Waals surface area contributed by atoms with E-state index in [0.717, 1.165) is 11.1 Å². The Hall–Kier alpha value is -1.87. The summed E-state index contributed by atoms with van der Waals surface area (Å²) < 4.78 is 0. The summed E-state index contributed by atoms with van der Waals surface area (Å²) in [5.41, 5.74) is 7.91. The third-order valence-corrected chi connectivity index (χ3v) is 3.98. The van der Waals surface area contributed by atoms with E-state index >= 15 is 0 Å². The minimum atomic E-state index is -0.586. The zero-order valence-corrected chi connectivity index (χ0v) is 13.0. The molecule has 3 rings (SSSR count). The summed E-state index contributed by atoms with van der Waals surface area (Å²) in [6.07, 6.45) is -0.586. The van der Waals surface area contributed by atoms with Crippen molar-refractivity contribution in [1.82, 2.24) is 0 Å². The molecule has 3 aromatic rings.